The molecule has 0 atom stereocenters. The molecule has 0 aromatic heterocycles. The van der Waals surface area contributed by atoms with E-state index in [1.54, 1.807) is 0 Å². The predicted octanol–water partition coefficient (Wildman–Crippen LogP) is 2.07. The maximum Gasteiger partial charge on any atom is 0.221 e. The Morgan fingerprint density at radius 1 is 0.727 bits per heavy atom. The zero-order chi connectivity index (χ0) is 24.7. The second-order valence-electron chi connectivity index (χ2n) is 7.84. The molecule has 0 aliphatic heterocycles. The van der Waals surface area contributed by atoms with Crippen LogP contribution < -0.4 is 16.0 Å². The van der Waals surface area contributed by atoms with Crippen LogP contribution in [0.15, 0.2) is 5.11 Å². The lowest BCUT2D eigenvalue weighted by Crippen LogP contribution is -2.37. The molecule has 0 radical (unpaired) electrons. The van der Waals surface area contributed by atoms with Crippen LogP contribution in [0.25, 0.3) is 10.4 Å². The van der Waals surface area contributed by atoms with Crippen molar-refractivity contribution in [1.29, 1.82) is 0 Å². The van der Waals surface area contributed by atoms with Crippen LogP contribution in [0.2, 0.25) is 0 Å². The van der Waals surface area contributed by atoms with E-state index in [1.807, 2.05) is 18.7 Å². The van der Waals surface area contributed by atoms with Crippen LogP contribution in [0.4, 0.5) is 0 Å². The molecule has 0 fully saturated rings. The number of carbonyl (C=O) groups excluding carboxylic acids is 4. The van der Waals surface area contributed by atoms with Gasteiger partial charge in [-0.15, -0.1) is 0 Å². The third kappa shape index (κ3) is 19.7. The minimum atomic E-state index is -0.124. The molecule has 0 heterocycles. The second-order valence-corrected chi connectivity index (χ2v) is 7.84. The molecule has 0 aromatic carbocycles. The molecule has 0 unspecified atom stereocenters. The maximum atomic E-state index is 12.1. The minimum absolute atomic E-state index is 0.0243. The molecule has 188 valence electrons. The molecule has 0 aliphatic rings. The topological polar surface area (TPSA) is 156 Å². The van der Waals surface area contributed by atoms with E-state index in [9.17, 15) is 19.2 Å². The van der Waals surface area contributed by atoms with Crippen molar-refractivity contribution in [2.24, 2.45) is 5.11 Å². The molecule has 33 heavy (non-hydrogen) atoms. The van der Waals surface area contributed by atoms with Crippen molar-refractivity contribution in [2.75, 3.05) is 45.8 Å². The maximum absolute atomic E-state index is 12.1. The first kappa shape index (κ1) is 30.4. The number of nitrogens with one attached hydrogen (secondary N) is 3. The number of hydrogen-bond donors (Lipinski definition) is 3. The van der Waals surface area contributed by atoms with Crippen molar-refractivity contribution in [1.82, 2.24) is 20.9 Å². The van der Waals surface area contributed by atoms with Crippen molar-refractivity contribution in [2.45, 2.75) is 71.6 Å². The third-order valence-electron chi connectivity index (χ3n) is 4.84. The Morgan fingerprint density at radius 3 is 1.82 bits per heavy atom. The fraction of sp³-hybridized carbons (Fsp3) is 0.818. The SMILES string of the molecule is CCCC(=O)CCCNC(=O)CCN(CCCN=[N+]=[N-])CCC(=O)NCCNC(=O)CCC. The number of Topliss-reactive ketones (excluding diaryl/α,β-unsaturated/α-hetero) is 1. The quantitative estimate of drug-likeness (QED) is 0.102. The van der Waals surface area contributed by atoms with E-state index >= 15 is 0 Å². The van der Waals surface area contributed by atoms with E-state index in [1.165, 1.54) is 0 Å². The molecule has 0 aliphatic carbocycles. The van der Waals surface area contributed by atoms with Crippen molar-refractivity contribution < 1.29 is 19.2 Å². The van der Waals surface area contributed by atoms with Gasteiger partial charge in [-0.25, -0.2) is 0 Å². The molecule has 11 heteroatoms. The monoisotopic (exact) mass is 467 g/mol. The number of rotatable bonds is 21. The van der Waals surface area contributed by atoms with Crippen molar-refractivity contribution >= 4 is 23.5 Å². The largest absolute Gasteiger partial charge is 0.356 e. The van der Waals surface area contributed by atoms with E-state index in [0.717, 1.165) is 12.8 Å². The molecule has 3 amide bonds. The lowest BCUT2D eigenvalue weighted by Gasteiger charge is -2.21. The average molecular weight is 468 g/mol. The van der Waals surface area contributed by atoms with Gasteiger partial charge in [-0.2, -0.15) is 0 Å². The summed E-state index contributed by atoms with van der Waals surface area (Å²) in [5.74, 6) is -0.0189. The van der Waals surface area contributed by atoms with E-state index in [-0.39, 0.29) is 36.3 Å². The number of amides is 3. The van der Waals surface area contributed by atoms with Crippen LogP contribution >= 0.6 is 0 Å². The van der Waals surface area contributed by atoms with Crippen LogP contribution in [0.3, 0.4) is 0 Å². The van der Waals surface area contributed by atoms with Crippen molar-refractivity contribution in [3.63, 3.8) is 0 Å². The van der Waals surface area contributed by atoms with Crippen molar-refractivity contribution in [3.8, 4) is 0 Å². The standard InChI is InChI=1S/C22H41N7O4/c1-3-7-19(30)9-5-12-24-21(32)10-17-29(16-6-13-27-28-23)18-11-22(33)26-15-14-25-20(31)8-4-2/h3-18H2,1-2H3,(H,24,32)(H,25,31)(H,26,33). The molecule has 0 aromatic rings. The van der Waals surface area contributed by atoms with Crippen LogP contribution in [-0.2, 0) is 19.2 Å². The molecular formula is C22H41N7O4. The Balaban J connectivity index is 4.24. The van der Waals surface area contributed by atoms with Gasteiger partial charge in [-0.1, -0.05) is 19.0 Å². The van der Waals surface area contributed by atoms with Gasteiger partial charge in [-0.3, -0.25) is 19.2 Å². The fourth-order valence-electron chi connectivity index (χ4n) is 3.08. The van der Waals surface area contributed by atoms with E-state index in [4.69, 9.17) is 5.53 Å². The number of ketones is 1. The highest BCUT2D eigenvalue weighted by Gasteiger charge is 2.11. The Morgan fingerprint density at radius 2 is 1.27 bits per heavy atom. The lowest BCUT2D eigenvalue weighted by atomic mass is 10.1. The van der Waals surface area contributed by atoms with Gasteiger partial charge in [0.1, 0.15) is 5.78 Å². The minimum Gasteiger partial charge on any atom is -0.356 e. The van der Waals surface area contributed by atoms with Gasteiger partial charge in [0.05, 0.1) is 0 Å². The van der Waals surface area contributed by atoms with E-state index in [0.29, 0.717) is 77.9 Å². The van der Waals surface area contributed by atoms with Gasteiger partial charge >= 0.3 is 0 Å². The summed E-state index contributed by atoms with van der Waals surface area (Å²) < 4.78 is 0. The normalized spacial score (nSPS) is 10.4. The van der Waals surface area contributed by atoms with Gasteiger partial charge in [0.2, 0.25) is 17.7 Å². The summed E-state index contributed by atoms with van der Waals surface area (Å²) in [6, 6.07) is 0. The van der Waals surface area contributed by atoms with Gasteiger partial charge in [-0.05, 0) is 37.8 Å². The molecule has 0 rings (SSSR count). The second kappa shape index (κ2) is 21.2. The number of nitrogens with zero attached hydrogens (tertiary/aromatic N) is 4. The van der Waals surface area contributed by atoms with E-state index < -0.39 is 0 Å². The molecule has 0 spiro atoms. The Bertz CT molecular complexity index is 594. The highest BCUT2D eigenvalue weighted by molar-refractivity contribution is 5.79. The number of azide groups is 1. The third-order valence-corrected chi connectivity index (χ3v) is 4.84. The zero-order valence-electron chi connectivity index (χ0n) is 20.2. The van der Waals surface area contributed by atoms with Gasteiger partial charge in [0.25, 0.3) is 0 Å². The Kier molecular flexibility index (Phi) is 19.5. The van der Waals surface area contributed by atoms with Gasteiger partial charge in [0, 0.05) is 76.3 Å². The first-order valence-corrected chi connectivity index (χ1v) is 12.0. The molecule has 11 nitrogen and oxygen atoms in total. The molecule has 0 bridgehead atoms. The summed E-state index contributed by atoms with van der Waals surface area (Å²) in [7, 11) is 0. The summed E-state index contributed by atoms with van der Waals surface area (Å²) in [5.41, 5.74) is 8.41. The molecule has 3 N–H and O–H groups in total. The van der Waals surface area contributed by atoms with Gasteiger partial charge in [0.15, 0.2) is 0 Å². The Labute approximate surface area is 197 Å². The van der Waals surface area contributed by atoms with Crippen LogP contribution in [0, 0.1) is 0 Å². The summed E-state index contributed by atoms with van der Waals surface area (Å²) in [4.78, 5) is 51.8. The van der Waals surface area contributed by atoms with Crippen molar-refractivity contribution in [3.05, 3.63) is 10.4 Å². The average Bonchev–Trinajstić information content (AvgIpc) is 2.78. The summed E-state index contributed by atoms with van der Waals surface area (Å²) in [6.07, 6.45) is 5.00. The van der Waals surface area contributed by atoms with E-state index in [2.05, 4.69) is 26.0 Å². The summed E-state index contributed by atoms with van der Waals surface area (Å²) in [6.45, 7) is 7.06. The van der Waals surface area contributed by atoms with Crippen LogP contribution in [0.1, 0.15) is 71.6 Å². The molecular weight excluding hydrogens is 426 g/mol. The first-order chi connectivity index (χ1) is 15.9. The number of hydrogen-bond acceptors (Lipinski definition) is 6. The highest BCUT2D eigenvalue weighted by atomic mass is 16.2. The highest BCUT2D eigenvalue weighted by Crippen LogP contribution is 2.00. The first-order valence-electron chi connectivity index (χ1n) is 12.0. The summed E-state index contributed by atoms with van der Waals surface area (Å²) in [5, 5.41) is 11.9. The summed E-state index contributed by atoms with van der Waals surface area (Å²) >= 11 is 0. The zero-order valence-corrected chi connectivity index (χ0v) is 20.2. The fourth-order valence-corrected chi connectivity index (χ4v) is 3.08. The lowest BCUT2D eigenvalue weighted by molar-refractivity contribution is -0.123. The molecule has 0 saturated carbocycles. The number of carbonyl (C=O) groups is 4. The van der Waals surface area contributed by atoms with Crippen LogP contribution in [-0.4, -0.2) is 74.2 Å². The Hall–Kier alpha value is -2.65. The van der Waals surface area contributed by atoms with Gasteiger partial charge < -0.3 is 20.9 Å². The molecule has 0 saturated heterocycles. The smallest absolute Gasteiger partial charge is 0.221 e. The van der Waals surface area contributed by atoms with Crippen LogP contribution in [0.5, 0.6) is 0 Å². The predicted molar refractivity (Wildman–Crippen MR) is 127 cm³/mol.